The van der Waals surface area contributed by atoms with Gasteiger partial charge in [0.15, 0.2) is 0 Å². The quantitative estimate of drug-likeness (QED) is 0.719. The number of benzene rings is 1. The van der Waals surface area contributed by atoms with Crippen molar-refractivity contribution in [3.8, 4) is 5.75 Å². The average molecular weight is 446 g/mol. The standard InChI is InChI=1S/C23H31N3O4S/c1-23(2,3)30-22(28)26-12-9-17(10-13-26)21-25-19(15-31-21)20(27)24-11-8-16-6-5-7-18(14-16)29-4/h5-7,14-15,17H,8-13H2,1-4H3,(H,24,27). The minimum atomic E-state index is -0.488. The summed E-state index contributed by atoms with van der Waals surface area (Å²) in [6.07, 6.45) is 2.11. The van der Waals surface area contributed by atoms with E-state index in [1.54, 1.807) is 12.0 Å². The first kappa shape index (κ1) is 23.1. The van der Waals surface area contributed by atoms with E-state index in [4.69, 9.17) is 9.47 Å². The molecule has 0 bridgehead atoms. The molecule has 1 aliphatic rings. The summed E-state index contributed by atoms with van der Waals surface area (Å²) in [5, 5.41) is 5.72. The van der Waals surface area contributed by atoms with Gasteiger partial charge in [0.2, 0.25) is 0 Å². The van der Waals surface area contributed by atoms with Gasteiger partial charge in [-0.1, -0.05) is 12.1 Å². The zero-order chi connectivity index (χ0) is 22.4. The summed E-state index contributed by atoms with van der Waals surface area (Å²) in [6, 6.07) is 7.82. The molecule has 8 heteroatoms. The number of aromatic nitrogens is 1. The number of ether oxygens (including phenoxy) is 2. The molecule has 7 nitrogen and oxygen atoms in total. The van der Waals surface area contributed by atoms with Crippen molar-refractivity contribution in [3.05, 3.63) is 45.9 Å². The second-order valence-electron chi connectivity index (χ2n) is 8.67. The lowest BCUT2D eigenvalue weighted by molar-refractivity contribution is 0.0204. The van der Waals surface area contributed by atoms with Crippen molar-refractivity contribution < 1.29 is 19.1 Å². The fourth-order valence-corrected chi connectivity index (χ4v) is 4.43. The lowest BCUT2D eigenvalue weighted by atomic mass is 9.98. The molecule has 2 aromatic rings. The fourth-order valence-electron chi connectivity index (χ4n) is 3.45. The van der Waals surface area contributed by atoms with Gasteiger partial charge in [-0.15, -0.1) is 11.3 Å². The zero-order valence-electron chi connectivity index (χ0n) is 18.6. The number of thiazole rings is 1. The van der Waals surface area contributed by atoms with Crippen molar-refractivity contribution in [2.75, 3.05) is 26.7 Å². The molecular weight excluding hydrogens is 414 g/mol. The van der Waals surface area contributed by atoms with E-state index in [1.807, 2.05) is 50.4 Å². The molecule has 1 aromatic carbocycles. The number of amides is 2. The second-order valence-corrected chi connectivity index (χ2v) is 9.56. The maximum absolute atomic E-state index is 12.5. The van der Waals surface area contributed by atoms with Crippen LogP contribution < -0.4 is 10.1 Å². The summed E-state index contributed by atoms with van der Waals surface area (Å²) in [5.74, 6) is 0.921. The van der Waals surface area contributed by atoms with Gasteiger partial charge in [-0.25, -0.2) is 9.78 Å². The molecule has 1 fully saturated rings. The molecule has 2 amide bonds. The van der Waals surface area contributed by atoms with Crippen LogP contribution in [0, 0.1) is 0 Å². The van der Waals surface area contributed by atoms with Crippen LogP contribution >= 0.6 is 11.3 Å². The van der Waals surface area contributed by atoms with Crippen LogP contribution in [-0.2, 0) is 11.2 Å². The van der Waals surface area contributed by atoms with E-state index in [-0.39, 0.29) is 17.9 Å². The van der Waals surface area contributed by atoms with Crippen LogP contribution in [-0.4, -0.2) is 54.2 Å². The predicted octanol–water partition coefficient (Wildman–Crippen LogP) is 4.24. The van der Waals surface area contributed by atoms with E-state index < -0.39 is 5.60 Å². The predicted molar refractivity (Wildman–Crippen MR) is 121 cm³/mol. The van der Waals surface area contributed by atoms with Crippen molar-refractivity contribution in [2.24, 2.45) is 0 Å². The van der Waals surface area contributed by atoms with Crippen LogP contribution in [0.4, 0.5) is 4.79 Å². The monoisotopic (exact) mass is 445 g/mol. The number of hydrogen-bond donors (Lipinski definition) is 1. The molecule has 1 aliphatic heterocycles. The molecule has 0 unspecified atom stereocenters. The smallest absolute Gasteiger partial charge is 0.410 e. The number of likely N-dealkylation sites (tertiary alicyclic amines) is 1. The Morgan fingerprint density at radius 1 is 1.26 bits per heavy atom. The number of carbonyl (C=O) groups is 2. The van der Waals surface area contributed by atoms with Crippen molar-refractivity contribution in [1.29, 1.82) is 0 Å². The third kappa shape index (κ3) is 6.69. The molecule has 3 rings (SSSR count). The van der Waals surface area contributed by atoms with Gasteiger partial charge in [0.05, 0.1) is 12.1 Å². The third-order valence-corrected chi connectivity index (χ3v) is 6.09. The first-order chi connectivity index (χ1) is 14.7. The molecule has 31 heavy (non-hydrogen) atoms. The Labute approximate surface area is 187 Å². The number of piperidine rings is 1. The van der Waals surface area contributed by atoms with Crippen molar-refractivity contribution in [3.63, 3.8) is 0 Å². The number of nitrogens with zero attached hydrogens (tertiary/aromatic N) is 2. The number of methoxy groups -OCH3 is 1. The van der Waals surface area contributed by atoms with Crippen molar-refractivity contribution >= 4 is 23.3 Å². The first-order valence-corrected chi connectivity index (χ1v) is 11.5. The maximum Gasteiger partial charge on any atom is 0.410 e. The average Bonchev–Trinajstić information content (AvgIpc) is 3.23. The van der Waals surface area contributed by atoms with E-state index in [0.717, 1.165) is 35.6 Å². The molecule has 1 N–H and O–H groups in total. The van der Waals surface area contributed by atoms with Crippen LogP contribution in [0.2, 0.25) is 0 Å². The van der Waals surface area contributed by atoms with Gasteiger partial charge in [-0.2, -0.15) is 0 Å². The molecule has 1 aromatic heterocycles. The Kier molecular flexibility index (Phi) is 7.54. The van der Waals surface area contributed by atoms with Gasteiger partial charge in [-0.05, 0) is 57.7 Å². The second kappa shape index (κ2) is 10.1. The summed E-state index contributed by atoms with van der Waals surface area (Å²) in [5.41, 5.74) is 1.08. The lowest BCUT2D eigenvalue weighted by Crippen LogP contribution is -2.41. The van der Waals surface area contributed by atoms with Crippen LogP contribution in [0.1, 0.15) is 60.6 Å². The number of rotatable bonds is 6. The highest BCUT2D eigenvalue weighted by atomic mass is 32.1. The summed E-state index contributed by atoms with van der Waals surface area (Å²) >= 11 is 1.52. The third-order valence-electron chi connectivity index (χ3n) is 5.08. The highest BCUT2D eigenvalue weighted by molar-refractivity contribution is 7.09. The number of nitrogens with one attached hydrogen (secondary N) is 1. The van der Waals surface area contributed by atoms with E-state index >= 15 is 0 Å². The Morgan fingerprint density at radius 3 is 2.68 bits per heavy atom. The van der Waals surface area contributed by atoms with E-state index in [1.165, 1.54) is 11.3 Å². The molecule has 0 saturated carbocycles. The minimum Gasteiger partial charge on any atom is -0.497 e. The highest BCUT2D eigenvalue weighted by Gasteiger charge is 2.29. The van der Waals surface area contributed by atoms with Crippen LogP contribution in [0.5, 0.6) is 5.75 Å². The summed E-state index contributed by atoms with van der Waals surface area (Å²) in [4.78, 5) is 31.0. The summed E-state index contributed by atoms with van der Waals surface area (Å²) < 4.78 is 10.7. The molecule has 2 heterocycles. The van der Waals surface area contributed by atoms with Gasteiger partial charge in [0, 0.05) is 30.9 Å². The summed E-state index contributed by atoms with van der Waals surface area (Å²) in [6.45, 7) is 7.43. The molecule has 0 aliphatic carbocycles. The number of hydrogen-bond acceptors (Lipinski definition) is 6. The molecule has 0 radical (unpaired) electrons. The SMILES string of the molecule is COc1cccc(CCNC(=O)c2csc(C3CCN(C(=O)OC(C)(C)C)CC3)n2)c1. The zero-order valence-corrected chi connectivity index (χ0v) is 19.5. The molecular formula is C23H31N3O4S. The van der Waals surface area contributed by atoms with E-state index in [0.29, 0.717) is 25.3 Å². The van der Waals surface area contributed by atoms with Crippen LogP contribution in [0.3, 0.4) is 0 Å². The molecule has 1 saturated heterocycles. The van der Waals surface area contributed by atoms with Gasteiger partial charge < -0.3 is 19.7 Å². The minimum absolute atomic E-state index is 0.156. The Hall–Kier alpha value is -2.61. The Bertz CT molecular complexity index is 898. The molecule has 168 valence electrons. The van der Waals surface area contributed by atoms with Crippen LogP contribution in [0.15, 0.2) is 29.6 Å². The lowest BCUT2D eigenvalue weighted by Gasteiger charge is -2.32. The van der Waals surface area contributed by atoms with Crippen LogP contribution in [0.25, 0.3) is 0 Å². The molecule has 0 spiro atoms. The van der Waals surface area contributed by atoms with Gasteiger partial charge in [0.1, 0.15) is 17.0 Å². The van der Waals surface area contributed by atoms with Crippen molar-refractivity contribution in [1.82, 2.24) is 15.2 Å². The summed E-state index contributed by atoms with van der Waals surface area (Å²) in [7, 11) is 1.64. The largest absolute Gasteiger partial charge is 0.497 e. The Morgan fingerprint density at radius 2 is 2.00 bits per heavy atom. The van der Waals surface area contributed by atoms with Crippen molar-refractivity contribution in [2.45, 2.75) is 51.6 Å². The normalized spacial score (nSPS) is 14.9. The first-order valence-electron chi connectivity index (χ1n) is 10.6. The maximum atomic E-state index is 12.5. The Balaban J connectivity index is 1.46. The van der Waals surface area contributed by atoms with E-state index in [9.17, 15) is 9.59 Å². The topological polar surface area (TPSA) is 80.8 Å². The fraction of sp³-hybridized carbons (Fsp3) is 0.522. The van der Waals surface area contributed by atoms with E-state index in [2.05, 4.69) is 10.3 Å². The van der Waals surface area contributed by atoms with Gasteiger partial charge >= 0.3 is 6.09 Å². The number of carbonyl (C=O) groups excluding carboxylic acids is 2. The molecule has 0 atom stereocenters. The van der Waals surface area contributed by atoms with Gasteiger partial charge in [-0.3, -0.25) is 4.79 Å². The highest BCUT2D eigenvalue weighted by Crippen LogP contribution is 2.31. The van der Waals surface area contributed by atoms with Gasteiger partial charge in [0.25, 0.3) is 5.91 Å².